The van der Waals surface area contributed by atoms with Crippen molar-refractivity contribution in [2.24, 2.45) is 0 Å². The molecule has 1 fully saturated rings. The molecule has 1 aliphatic rings. The molecule has 2 rings (SSSR count). The second-order valence-electron chi connectivity index (χ2n) is 6.16. The lowest BCUT2D eigenvalue weighted by Crippen LogP contribution is -2.34. The molecule has 0 spiro atoms. The monoisotopic (exact) mass is 296 g/mol. The van der Waals surface area contributed by atoms with Crippen LogP contribution in [0.2, 0.25) is 0 Å². The van der Waals surface area contributed by atoms with Crippen molar-refractivity contribution in [1.82, 2.24) is 4.72 Å². The zero-order chi connectivity index (χ0) is 14.8. The van der Waals surface area contributed by atoms with Crippen LogP contribution in [0.5, 0.6) is 0 Å². The van der Waals surface area contributed by atoms with Crippen LogP contribution in [0.15, 0.2) is 29.2 Å². The van der Waals surface area contributed by atoms with Crippen LogP contribution in [0.1, 0.15) is 46.5 Å². The molecule has 0 atom stereocenters. The first-order valence-electron chi connectivity index (χ1n) is 7.22. The van der Waals surface area contributed by atoms with Crippen molar-refractivity contribution >= 4 is 15.7 Å². The second kappa shape index (κ2) is 5.74. The van der Waals surface area contributed by atoms with Crippen LogP contribution in [0.3, 0.4) is 0 Å². The van der Waals surface area contributed by atoms with Gasteiger partial charge in [0.2, 0.25) is 10.0 Å². The molecular weight excluding hydrogens is 272 g/mol. The second-order valence-corrected chi connectivity index (χ2v) is 7.85. The minimum Gasteiger partial charge on any atom is -0.379 e. The van der Waals surface area contributed by atoms with Gasteiger partial charge in [-0.15, -0.1) is 0 Å². The normalized spacial score (nSPS) is 18.4. The number of sulfonamides is 1. The number of hydrogen-bond acceptors (Lipinski definition) is 3. The summed E-state index contributed by atoms with van der Waals surface area (Å²) in [6, 6.07) is 7.02. The van der Waals surface area contributed by atoms with Crippen LogP contribution in [0.4, 0.5) is 5.69 Å². The van der Waals surface area contributed by atoms with Gasteiger partial charge in [0.1, 0.15) is 4.90 Å². The third-order valence-corrected chi connectivity index (χ3v) is 5.43. The van der Waals surface area contributed by atoms with Crippen molar-refractivity contribution in [3.8, 4) is 0 Å². The fraction of sp³-hybridized carbons (Fsp3) is 0.600. The Balaban J connectivity index is 2.31. The first-order valence-corrected chi connectivity index (χ1v) is 8.70. The van der Waals surface area contributed by atoms with E-state index in [1.165, 1.54) is 12.8 Å². The van der Waals surface area contributed by atoms with Crippen LogP contribution in [0.25, 0.3) is 0 Å². The number of nitrogens with one attached hydrogen (secondary N) is 2. The number of benzene rings is 1. The lowest BCUT2D eigenvalue weighted by molar-refractivity contribution is 0.530. The Kier molecular flexibility index (Phi) is 4.39. The molecule has 0 unspecified atom stereocenters. The van der Waals surface area contributed by atoms with Gasteiger partial charge in [-0.3, -0.25) is 0 Å². The first kappa shape index (κ1) is 15.3. The molecular formula is C15H24N2O2S. The summed E-state index contributed by atoms with van der Waals surface area (Å²) in [5, 5.41) is 3.45. The maximum Gasteiger partial charge on any atom is 0.242 e. The zero-order valence-electron chi connectivity index (χ0n) is 12.4. The van der Waals surface area contributed by atoms with E-state index in [-0.39, 0.29) is 11.6 Å². The van der Waals surface area contributed by atoms with Gasteiger partial charge < -0.3 is 5.32 Å². The summed E-state index contributed by atoms with van der Waals surface area (Å²) in [6.45, 7) is 5.82. The molecule has 112 valence electrons. The lowest BCUT2D eigenvalue weighted by Gasteiger charge is -2.28. The predicted octanol–water partition coefficient (Wildman–Crippen LogP) is 3.12. The summed E-state index contributed by atoms with van der Waals surface area (Å²) in [4.78, 5) is 0.335. The van der Waals surface area contributed by atoms with E-state index in [9.17, 15) is 8.42 Å². The largest absolute Gasteiger partial charge is 0.379 e. The van der Waals surface area contributed by atoms with Crippen LogP contribution in [0, 0.1) is 0 Å². The van der Waals surface area contributed by atoms with E-state index in [0.29, 0.717) is 10.6 Å². The molecule has 1 aliphatic carbocycles. The van der Waals surface area contributed by atoms with Gasteiger partial charge in [0.05, 0.1) is 5.69 Å². The van der Waals surface area contributed by atoms with E-state index in [1.807, 2.05) is 26.0 Å². The molecule has 4 nitrogen and oxygen atoms in total. The molecule has 2 N–H and O–H groups in total. The van der Waals surface area contributed by atoms with Gasteiger partial charge in [0, 0.05) is 11.6 Å². The van der Waals surface area contributed by atoms with Crippen LogP contribution in [-0.4, -0.2) is 20.0 Å². The molecule has 0 aliphatic heterocycles. The standard InChI is InChI=1S/C15H24N2O2S/c1-12(2)17-20(18,19)14-9-5-4-8-13(14)16-15(3)10-6-7-11-15/h4-5,8-9,12,16-17H,6-7,10-11H2,1-3H3. The van der Waals surface area contributed by atoms with Crippen LogP contribution in [-0.2, 0) is 10.0 Å². The SMILES string of the molecule is CC(C)NS(=O)(=O)c1ccccc1NC1(C)CCCC1. The predicted molar refractivity (Wildman–Crippen MR) is 82.4 cm³/mol. The average molecular weight is 296 g/mol. The lowest BCUT2D eigenvalue weighted by atomic mass is 10.0. The molecule has 0 radical (unpaired) electrons. The van der Waals surface area contributed by atoms with E-state index >= 15 is 0 Å². The van der Waals surface area contributed by atoms with Gasteiger partial charge in [0.25, 0.3) is 0 Å². The van der Waals surface area contributed by atoms with Gasteiger partial charge >= 0.3 is 0 Å². The molecule has 0 bridgehead atoms. The Bertz CT molecular complexity index is 561. The van der Waals surface area contributed by atoms with Gasteiger partial charge in [0.15, 0.2) is 0 Å². The van der Waals surface area contributed by atoms with Gasteiger partial charge in [-0.1, -0.05) is 25.0 Å². The van der Waals surface area contributed by atoms with Gasteiger partial charge in [-0.2, -0.15) is 0 Å². The van der Waals surface area contributed by atoms with E-state index < -0.39 is 10.0 Å². The van der Waals surface area contributed by atoms with Crippen molar-refractivity contribution in [2.45, 2.75) is 62.9 Å². The zero-order valence-corrected chi connectivity index (χ0v) is 13.3. The van der Waals surface area contributed by atoms with Gasteiger partial charge in [-0.05, 0) is 45.7 Å². The Morgan fingerprint density at radius 3 is 2.35 bits per heavy atom. The third-order valence-electron chi connectivity index (χ3n) is 3.71. The van der Waals surface area contributed by atoms with Crippen molar-refractivity contribution < 1.29 is 8.42 Å². The fourth-order valence-electron chi connectivity index (χ4n) is 2.78. The third kappa shape index (κ3) is 3.52. The highest BCUT2D eigenvalue weighted by Gasteiger charge is 2.30. The number of anilines is 1. The molecule has 5 heteroatoms. The fourth-order valence-corrected chi connectivity index (χ4v) is 4.20. The van der Waals surface area contributed by atoms with Crippen molar-refractivity contribution in [3.05, 3.63) is 24.3 Å². The van der Waals surface area contributed by atoms with E-state index in [4.69, 9.17) is 0 Å². The van der Waals surface area contributed by atoms with Crippen molar-refractivity contribution in [3.63, 3.8) is 0 Å². The molecule has 0 amide bonds. The van der Waals surface area contributed by atoms with E-state index in [0.717, 1.165) is 12.8 Å². The van der Waals surface area contributed by atoms with E-state index in [2.05, 4.69) is 17.0 Å². The van der Waals surface area contributed by atoms with E-state index in [1.54, 1.807) is 12.1 Å². The Morgan fingerprint density at radius 2 is 1.75 bits per heavy atom. The number of rotatable bonds is 5. The molecule has 0 saturated heterocycles. The summed E-state index contributed by atoms with van der Waals surface area (Å²) in [7, 11) is -3.47. The highest BCUT2D eigenvalue weighted by atomic mass is 32.2. The molecule has 20 heavy (non-hydrogen) atoms. The van der Waals surface area contributed by atoms with Crippen LogP contribution < -0.4 is 10.0 Å². The Morgan fingerprint density at radius 1 is 1.15 bits per heavy atom. The summed E-state index contributed by atoms with van der Waals surface area (Å²) >= 11 is 0. The summed E-state index contributed by atoms with van der Waals surface area (Å²) in [5.41, 5.74) is 0.703. The Hall–Kier alpha value is -1.07. The smallest absolute Gasteiger partial charge is 0.242 e. The number of hydrogen-bond donors (Lipinski definition) is 2. The molecule has 1 saturated carbocycles. The average Bonchev–Trinajstić information content (AvgIpc) is 2.74. The molecule has 0 heterocycles. The Labute approximate surface area is 122 Å². The quantitative estimate of drug-likeness (QED) is 0.877. The van der Waals surface area contributed by atoms with Crippen molar-refractivity contribution in [1.29, 1.82) is 0 Å². The topological polar surface area (TPSA) is 58.2 Å². The maximum atomic E-state index is 12.4. The summed E-state index contributed by atoms with van der Waals surface area (Å²) in [6.07, 6.45) is 4.56. The number of para-hydroxylation sites is 1. The summed E-state index contributed by atoms with van der Waals surface area (Å²) < 4.78 is 27.4. The molecule has 1 aromatic carbocycles. The summed E-state index contributed by atoms with van der Waals surface area (Å²) in [5.74, 6) is 0. The maximum absolute atomic E-state index is 12.4. The van der Waals surface area contributed by atoms with Gasteiger partial charge in [-0.25, -0.2) is 13.1 Å². The highest BCUT2D eigenvalue weighted by Crippen LogP contribution is 2.34. The highest BCUT2D eigenvalue weighted by molar-refractivity contribution is 7.89. The van der Waals surface area contributed by atoms with Crippen molar-refractivity contribution in [2.75, 3.05) is 5.32 Å². The first-order chi connectivity index (χ1) is 9.32. The molecule has 0 aromatic heterocycles. The molecule has 1 aromatic rings. The minimum absolute atomic E-state index is 0.00343. The van der Waals surface area contributed by atoms with Crippen LogP contribution >= 0.6 is 0 Å². The minimum atomic E-state index is -3.47.